The maximum Gasteiger partial charge on any atom is 0.495 e. The number of rotatable bonds is 22. The molecule has 2 atom stereocenters. The van der Waals surface area contributed by atoms with Gasteiger partial charge in [0.05, 0.1) is 36.9 Å². The van der Waals surface area contributed by atoms with Crippen LogP contribution in [0.15, 0.2) is 97.1 Å². The highest BCUT2D eigenvalue weighted by atomic mass is 28.4. The van der Waals surface area contributed by atoms with E-state index in [0.29, 0.717) is 0 Å². The summed E-state index contributed by atoms with van der Waals surface area (Å²) in [5.41, 5.74) is 17.5. The molecule has 6 nitrogen and oxygen atoms in total. The third-order valence-corrected chi connectivity index (χ3v) is 30.9. The number of ether oxygens (including phenoxy) is 1. The predicted octanol–water partition coefficient (Wildman–Crippen LogP) is 21.2. The van der Waals surface area contributed by atoms with Gasteiger partial charge in [-0.2, -0.15) is 0 Å². The number of benzene rings is 5. The number of hydrogen-bond acceptors (Lipinski definition) is 6. The van der Waals surface area contributed by atoms with Gasteiger partial charge in [-0.05, 0) is 226 Å². The van der Waals surface area contributed by atoms with Crippen molar-refractivity contribution in [2.24, 2.45) is 10.8 Å². The summed E-state index contributed by atoms with van der Waals surface area (Å²) in [5, 5.41) is 0.404. The largest absolute Gasteiger partial charge is 0.495 e. The average Bonchev–Trinajstić information content (AvgIpc) is 1.30. The molecular formula is C79H123BO6Si2. The second-order valence-electron chi connectivity index (χ2n) is 32.5. The van der Waals surface area contributed by atoms with Gasteiger partial charge in [-0.3, -0.25) is 4.79 Å². The topological polar surface area (TPSA) is 63.2 Å². The highest BCUT2D eigenvalue weighted by Gasteiger charge is 2.52. The molecule has 1 aliphatic heterocycles. The SMILES string of the molecule is CCC(CC)(c1ccc(CCC(O[Si](C)(C)C(C)(C)C)C(C)(C)C)c(C)c1)c1ccc(-c2cccc(CC(=O)OC)c2)c(C)c1.CCC(CC)(c1ccc(CCC(O[Si](C)(C)C(C)(C)C)C(C)(C)C)c(C)c1)c1ccc(B2OC(C)(C)C(C)(C)O2)c(C)c1. The molecule has 0 amide bonds. The molecule has 88 heavy (non-hydrogen) atoms. The van der Waals surface area contributed by atoms with E-state index in [9.17, 15) is 4.79 Å². The summed E-state index contributed by atoms with van der Waals surface area (Å²) in [6, 6.07) is 36.6. The van der Waals surface area contributed by atoms with Gasteiger partial charge in [-0.15, -0.1) is 0 Å². The Morgan fingerprint density at radius 2 is 0.886 bits per heavy atom. The summed E-state index contributed by atoms with van der Waals surface area (Å²) in [6.45, 7) is 64.2. The summed E-state index contributed by atoms with van der Waals surface area (Å²) >= 11 is 0. The van der Waals surface area contributed by atoms with E-state index in [-0.39, 0.29) is 74.7 Å². The Morgan fingerprint density at radius 3 is 1.23 bits per heavy atom. The van der Waals surface area contributed by atoms with Crippen molar-refractivity contribution in [1.29, 1.82) is 0 Å². The quantitative estimate of drug-likeness (QED) is 0.0508. The number of esters is 1. The molecule has 1 aliphatic rings. The first-order valence-electron chi connectivity index (χ1n) is 33.7. The van der Waals surface area contributed by atoms with Crippen LogP contribution in [-0.2, 0) is 57.8 Å². The summed E-state index contributed by atoms with van der Waals surface area (Å²) < 4.78 is 31.7. The maximum absolute atomic E-state index is 11.9. The van der Waals surface area contributed by atoms with Gasteiger partial charge >= 0.3 is 13.1 Å². The van der Waals surface area contributed by atoms with Crippen LogP contribution >= 0.6 is 0 Å². The van der Waals surface area contributed by atoms with E-state index in [1.54, 1.807) is 0 Å². The number of carbonyl (C=O) groups excluding carboxylic acids is 1. The smallest absolute Gasteiger partial charge is 0.469 e. The Labute approximate surface area is 541 Å². The lowest BCUT2D eigenvalue weighted by atomic mass is 9.67. The van der Waals surface area contributed by atoms with Gasteiger partial charge in [-0.1, -0.05) is 213 Å². The van der Waals surface area contributed by atoms with Crippen molar-refractivity contribution in [2.75, 3.05) is 7.11 Å². The number of methoxy groups -OCH3 is 1. The molecule has 1 heterocycles. The first-order valence-corrected chi connectivity index (χ1v) is 39.5. The first kappa shape index (κ1) is 74.6. The molecule has 1 saturated heterocycles. The van der Waals surface area contributed by atoms with Crippen molar-refractivity contribution in [2.45, 2.75) is 294 Å². The summed E-state index contributed by atoms with van der Waals surface area (Å²) in [6.07, 6.45) is 9.04. The standard InChI is InChI=1S/C41H60O3Si.C38H63BO3Si/c1-14-41(15-2,35-22-23-36(30(4)26-35)33-18-16-17-31(27-33)28-38(42)43-11)34-21-19-32(29(3)25-34)20-24-37(39(5,6)7)44-45(12,13)40(8,9)10;1-17-38(18-2,31-22-23-32(28(4)26-31)39-41-36(11,12)37(13,14)42-39)30-21-19-29(27(3)25-30)20-24-33(34(5,6)7)40-43(15,16)35(8,9)10/h16-19,21-23,25-27,37H,14-15,20,24,28H2,1-13H3;19,21-23,25-26,33H,17-18,20,24H2,1-16H3. The molecule has 0 N–H and O–H groups in total. The fourth-order valence-electron chi connectivity index (χ4n) is 12.6. The van der Waals surface area contributed by atoms with Crippen molar-refractivity contribution in [1.82, 2.24) is 0 Å². The molecule has 1 fully saturated rings. The molecule has 9 heteroatoms. The lowest BCUT2D eigenvalue weighted by Crippen LogP contribution is -2.47. The van der Waals surface area contributed by atoms with Crippen LogP contribution in [0.4, 0.5) is 0 Å². The van der Waals surface area contributed by atoms with Gasteiger partial charge < -0.3 is 22.9 Å². The predicted molar refractivity (Wildman–Crippen MR) is 384 cm³/mol. The van der Waals surface area contributed by atoms with Gasteiger partial charge in [-0.25, -0.2) is 0 Å². The van der Waals surface area contributed by atoms with Crippen molar-refractivity contribution in [3.05, 3.63) is 158 Å². The minimum atomic E-state index is -1.87. The highest BCUT2D eigenvalue weighted by Crippen LogP contribution is 2.46. The van der Waals surface area contributed by atoms with Gasteiger partial charge in [0.2, 0.25) is 0 Å². The Kier molecular flexibility index (Phi) is 24.1. The van der Waals surface area contributed by atoms with E-state index in [1.165, 1.54) is 68.3 Å². The third kappa shape index (κ3) is 17.1. The van der Waals surface area contributed by atoms with Gasteiger partial charge in [0.25, 0.3) is 0 Å². The lowest BCUT2D eigenvalue weighted by molar-refractivity contribution is -0.139. The molecular weight excluding hydrogens is 1110 g/mol. The maximum atomic E-state index is 11.9. The van der Waals surface area contributed by atoms with Crippen LogP contribution in [0.25, 0.3) is 11.1 Å². The fourth-order valence-corrected chi connectivity index (χ4v) is 15.6. The van der Waals surface area contributed by atoms with Crippen LogP contribution < -0.4 is 5.46 Å². The van der Waals surface area contributed by atoms with E-state index in [1.807, 2.05) is 12.1 Å². The van der Waals surface area contributed by atoms with Crippen molar-refractivity contribution >= 4 is 35.2 Å². The van der Waals surface area contributed by atoms with Crippen molar-refractivity contribution < 1.29 is 27.7 Å². The normalized spacial score (nSPS) is 15.9. The highest BCUT2D eigenvalue weighted by molar-refractivity contribution is 6.74. The zero-order valence-corrected chi connectivity index (χ0v) is 63.3. The Bertz CT molecular complexity index is 3110. The second-order valence-corrected chi connectivity index (χ2v) is 42.1. The number of aryl methyl sites for hydroxylation is 6. The Balaban J connectivity index is 0.000000321. The summed E-state index contributed by atoms with van der Waals surface area (Å²) in [4.78, 5) is 11.9. The zero-order chi connectivity index (χ0) is 66.6. The molecule has 2 unspecified atom stereocenters. The van der Waals surface area contributed by atoms with Gasteiger partial charge in [0.1, 0.15) is 0 Å². The van der Waals surface area contributed by atoms with Crippen LogP contribution in [0.5, 0.6) is 0 Å². The van der Waals surface area contributed by atoms with Crippen molar-refractivity contribution in [3.63, 3.8) is 0 Å². The van der Waals surface area contributed by atoms with Crippen LogP contribution in [0.1, 0.15) is 238 Å². The van der Waals surface area contributed by atoms with Gasteiger partial charge in [0, 0.05) is 10.8 Å². The first-order chi connectivity index (χ1) is 40.4. The Morgan fingerprint density at radius 1 is 0.511 bits per heavy atom. The molecule has 486 valence electrons. The minimum Gasteiger partial charge on any atom is -0.469 e. The van der Waals surface area contributed by atoms with E-state index < -0.39 is 16.6 Å². The van der Waals surface area contributed by atoms with E-state index in [4.69, 9.17) is 22.9 Å². The zero-order valence-electron chi connectivity index (χ0n) is 61.3. The third-order valence-electron chi connectivity index (χ3n) is 21.9. The van der Waals surface area contributed by atoms with Gasteiger partial charge in [0.15, 0.2) is 16.6 Å². The molecule has 6 rings (SSSR count). The molecule has 0 spiro atoms. The molecule has 0 saturated carbocycles. The van der Waals surface area contributed by atoms with Crippen LogP contribution in [0, 0.1) is 38.5 Å². The summed E-state index contributed by atoms with van der Waals surface area (Å²) in [7, 11) is -2.63. The Hall–Kier alpha value is -4.09. The molecule has 5 aromatic carbocycles. The minimum absolute atomic E-state index is 0.0398. The van der Waals surface area contributed by atoms with E-state index in [2.05, 4.69) is 277 Å². The monoisotopic (exact) mass is 1230 g/mol. The lowest BCUT2D eigenvalue weighted by Gasteiger charge is -2.43. The fraction of sp³-hybridized carbons (Fsp3) is 0.608. The van der Waals surface area contributed by atoms with Crippen LogP contribution in [0.3, 0.4) is 0 Å². The van der Waals surface area contributed by atoms with Crippen LogP contribution in [0.2, 0.25) is 36.3 Å². The second kappa shape index (κ2) is 28.4. The number of carbonyl (C=O) groups is 1. The molecule has 5 aromatic rings. The average molecular weight is 1240 g/mol. The number of hydrogen-bond donors (Lipinski definition) is 0. The van der Waals surface area contributed by atoms with Crippen molar-refractivity contribution in [3.8, 4) is 11.1 Å². The molecule has 0 aliphatic carbocycles. The molecule has 0 bridgehead atoms. The molecule has 0 radical (unpaired) electrons. The molecule has 0 aromatic heterocycles. The van der Waals surface area contributed by atoms with Crippen LogP contribution in [-0.4, -0.2) is 60.2 Å². The van der Waals surface area contributed by atoms with E-state index in [0.717, 1.165) is 68.0 Å². The van der Waals surface area contributed by atoms with E-state index >= 15 is 0 Å². The summed E-state index contributed by atoms with van der Waals surface area (Å²) in [5.74, 6) is -0.218.